The smallest absolute Gasteiger partial charge is 0.326 e. The van der Waals surface area contributed by atoms with E-state index in [-0.39, 0.29) is 18.8 Å². The Labute approximate surface area is 203 Å². The highest BCUT2D eigenvalue weighted by molar-refractivity contribution is 7.98. The number of nitrogens with zero attached hydrogens (tertiary/aromatic N) is 1. The van der Waals surface area contributed by atoms with E-state index < -0.39 is 54.0 Å². The summed E-state index contributed by atoms with van der Waals surface area (Å²) in [6.07, 6.45) is 4.09. The van der Waals surface area contributed by atoms with Gasteiger partial charge in [0.15, 0.2) is 0 Å². The molecule has 0 spiro atoms. The number of carboxylic acid groups (broad SMARTS) is 1. The summed E-state index contributed by atoms with van der Waals surface area (Å²) >= 11 is 1.53. The molecule has 1 aromatic heterocycles. The second-order valence-electron chi connectivity index (χ2n) is 8.49. The number of aromatic amines is 1. The Morgan fingerprint density at radius 1 is 1.09 bits per heavy atom. The van der Waals surface area contributed by atoms with Crippen LogP contribution < -0.4 is 21.7 Å². The quantitative estimate of drug-likeness (QED) is 0.158. The molecule has 8 N–H and O–H groups in total. The first kappa shape index (κ1) is 29.4. The standard InChI is InChI=1S/C21H36N6O6S/c1-11(2)7-16(21(32)33)26-20(31)17(12(3)28)27-19(30)15(8-13-9-23-10-24-13)25-18(29)14(22)5-6-34-4/h9-12,14-17,28H,5-8,22H2,1-4H3,(H,23,24)(H,25,29)(H,26,31)(H,27,30)(H,32,33). The maximum Gasteiger partial charge on any atom is 0.326 e. The fourth-order valence-corrected chi connectivity index (χ4v) is 3.58. The van der Waals surface area contributed by atoms with Crippen molar-refractivity contribution in [1.82, 2.24) is 25.9 Å². The number of aliphatic hydroxyl groups is 1. The molecule has 13 heteroatoms. The molecule has 0 bridgehead atoms. The molecule has 34 heavy (non-hydrogen) atoms. The minimum absolute atomic E-state index is 0.00898. The monoisotopic (exact) mass is 500 g/mol. The molecule has 3 amide bonds. The number of rotatable bonds is 15. The van der Waals surface area contributed by atoms with E-state index in [0.717, 1.165) is 0 Å². The third-order valence-corrected chi connectivity index (χ3v) is 5.61. The molecule has 5 unspecified atom stereocenters. The van der Waals surface area contributed by atoms with Crippen molar-refractivity contribution < 1.29 is 29.4 Å². The van der Waals surface area contributed by atoms with E-state index in [9.17, 15) is 29.4 Å². The number of thioether (sulfide) groups is 1. The molecular weight excluding hydrogens is 464 g/mol. The number of aliphatic carboxylic acids is 1. The highest BCUT2D eigenvalue weighted by Crippen LogP contribution is 2.07. The lowest BCUT2D eigenvalue weighted by molar-refractivity contribution is -0.143. The number of nitrogens with one attached hydrogen (secondary N) is 4. The summed E-state index contributed by atoms with van der Waals surface area (Å²) in [5, 5.41) is 26.9. The first-order valence-electron chi connectivity index (χ1n) is 11.0. The molecule has 0 saturated carbocycles. The molecule has 0 aromatic carbocycles. The van der Waals surface area contributed by atoms with Gasteiger partial charge in [0.05, 0.1) is 18.5 Å². The summed E-state index contributed by atoms with van der Waals surface area (Å²) in [5.74, 6) is -2.69. The summed E-state index contributed by atoms with van der Waals surface area (Å²) in [4.78, 5) is 56.5. The van der Waals surface area contributed by atoms with Crippen LogP contribution in [-0.4, -0.2) is 86.2 Å². The van der Waals surface area contributed by atoms with Crippen molar-refractivity contribution in [3.05, 3.63) is 18.2 Å². The molecule has 12 nitrogen and oxygen atoms in total. The third-order valence-electron chi connectivity index (χ3n) is 4.97. The van der Waals surface area contributed by atoms with Gasteiger partial charge in [0.25, 0.3) is 0 Å². The van der Waals surface area contributed by atoms with Crippen LogP contribution in [0.25, 0.3) is 0 Å². The number of imidazole rings is 1. The number of aromatic nitrogens is 2. The number of hydrogen-bond acceptors (Lipinski definition) is 8. The lowest BCUT2D eigenvalue weighted by Crippen LogP contribution is -2.60. The van der Waals surface area contributed by atoms with Crippen LogP contribution in [0, 0.1) is 5.92 Å². The van der Waals surface area contributed by atoms with E-state index in [4.69, 9.17) is 5.73 Å². The second-order valence-corrected chi connectivity index (χ2v) is 9.47. The van der Waals surface area contributed by atoms with E-state index in [1.54, 1.807) is 0 Å². The molecule has 0 aliphatic carbocycles. The molecule has 0 radical (unpaired) electrons. The molecule has 1 rings (SSSR count). The zero-order valence-electron chi connectivity index (χ0n) is 19.9. The molecular formula is C21H36N6O6S. The van der Waals surface area contributed by atoms with Gasteiger partial charge in [-0.15, -0.1) is 0 Å². The number of carbonyl (C=O) groups is 4. The molecule has 192 valence electrons. The summed E-state index contributed by atoms with van der Waals surface area (Å²) in [6.45, 7) is 4.91. The predicted molar refractivity (Wildman–Crippen MR) is 128 cm³/mol. The Balaban J connectivity index is 2.99. The highest BCUT2D eigenvalue weighted by atomic mass is 32.2. The first-order valence-corrected chi connectivity index (χ1v) is 12.4. The van der Waals surface area contributed by atoms with Gasteiger partial charge in [-0.25, -0.2) is 9.78 Å². The molecule has 0 aliphatic rings. The van der Waals surface area contributed by atoms with Gasteiger partial charge in [0, 0.05) is 18.3 Å². The Morgan fingerprint density at radius 2 is 1.74 bits per heavy atom. The highest BCUT2D eigenvalue weighted by Gasteiger charge is 2.33. The number of nitrogens with two attached hydrogens (primary N) is 1. The average molecular weight is 501 g/mol. The van der Waals surface area contributed by atoms with Crippen molar-refractivity contribution in [2.24, 2.45) is 11.7 Å². The van der Waals surface area contributed by atoms with Crippen molar-refractivity contribution in [3.63, 3.8) is 0 Å². The minimum Gasteiger partial charge on any atom is -0.480 e. The van der Waals surface area contributed by atoms with Crippen LogP contribution in [0.15, 0.2) is 12.5 Å². The van der Waals surface area contributed by atoms with Crippen LogP contribution in [0.2, 0.25) is 0 Å². The van der Waals surface area contributed by atoms with E-state index in [2.05, 4.69) is 25.9 Å². The Bertz CT molecular complexity index is 804. The number of carboxylic acids is 1. The normalized spacial score (nSPS) is 15.6. The van der Waals surface area contributed by atoms with Gasteiger partial charge >= 0.3 is 5.97 Å². The van der Waals surface area contributed by atoms with Crippen LogP contribution in [0.4, 0.5) is 0 Å². The Hall–Kier alpha value is -2.64. The molecule has 0 aliphatic heterocycles. The van der Waals surface area contributed by atoms with E-state index in [0.29, 0.717) is 17.9 Å². The van der Waals surface area contributed by atoms with Crippen LogP contribution >= 0.6 is 11.8 Å². The predicted octanol–water partition coefficient (Wildman–Crippen LogP) is -1.00. The molecule has 0 saturated heterocycles. The minimum atomic E-state index is -1.44. The second kappa shape index (κ2) is 14.6. The van der Waals surface area contributed by atoms with Crippen LogP contribution in [0.5, 0.6) is 0 Å². The molecule has 0 fully saturated rings. The molecule has 5 atom stereocenters. The van der Waals surface area contributed by atoms with Crippen LogP contribution in [-0.2, 0) is 25.6 Å². The van der Waals surface area contributed by atoms with Gasteiger partial charge in [-0.3, -0.25) is 14.4 Å². The summed E-state index contributed by atoms with van der Waals surface area (Å²) in [5.41, 5.74) is 6.46. The van der Waals surface area contributed by atoms with Crippen molar-refractivity contribution in [3.8, 4) is 0 Å². The zero-order chi connectivity index (χ0) is 25.8. The first-order chi connectivity index (χ1) is 16.0. The number of hydrogen-bond donors (Lipinski definition) is 7. The number of aliphatic hydroxyl groups excluding tert-OH is 1. The lowest BCUT2D eigenvalue weighted by Gasteiger charge is -2.26. The average Bonchev–Trinajstić information content (AvgIpc) is 3.26. The maximum atomic E-state index is 13.0. The van der Waals surface area contributed by atoms with E-state index in [1.165, 1.54) is 31.2 Å². The largest absolute Gasteiger partial charge is 0.480 e. The van der Waals surface area contributed by atoms with Gasteiger partial charge in [0.2, 0.25) is 17.7 Å². The van der Waals surface area contributed by atoms with Crippen molar-refractivity contribution in [2.45, 2.75) is 70.3 Å². The van der Waals surface area contributed by atoms with E-state index in [1.807, 2.05) is 20.1 Å². The van der Waals surface area contributed by atoms with Crippen LogP contribution in [0.3, 0.4) is 0 Å². The van der Waals surface area contributed by atoms with Gasteiger partial charge in [-0.1, -0.05) is 13.8 Å². The van der Waals surface area contributed by atoms with Crippen molar-refractivity contribution in [1.29, 1.82) is 0 Å². The fraction of sp³-hybridized carbons (Fsp3) is 0.667. The Morgan fingerprint density at radius 3 is 2.24 bits per heavy atom. The molecule has 1 heterocycles. The summed E-state index contributed by atoms with van der Waals surface area (Å²) in [6, 6.07) is -4.56. The van der Waals surface area contributed by atoms with Crippen molar-refractivity contribution >= 4 is 35.5 Å². The topological polar surface area (TPSA) is 200 Å². The van der Waals surface area contributed by atoms with Gasteiger partial charge < -0.3 is 36.9 Å². The van der Waals surface area contributed by atoms with Crippen LogP contribution in [0.1, 0.15) is 39.3 Å². The summed E-state index contributed by atoms with van der Waals surface area (Å²) in [7, 11) is 0. The lowest BCUT2D eigenvalue weighted by atomic mass is 10.0. The number of carbonyl (C=O) groups excluding carboxylic acids is 3. The maximum absolute atomic E-state index is 13.0. The van der Waals surface area contributed by atoms with Gasteiger partial charge in [0.1, 0.15) is 18.1 Å². The number of H-pyrrole nitrogens is 1. The van der Waals surface area contributed by atoms with Crippen molar-refractivity contribution in [2.75, 3.05) is 12.0 Å². The fourth-order valence-electron chi connectivity index (χ4n) is 3.09. The Kier molecular flexibility index (Phi) is 12.6. The number of amides is 3. The van der Waals surface area contributed by atoms with E-state index >= 15 is 0 Å². The zero-order valence-corrected chi connectivity index (χ0v) is 20.7. The van der Waals surface area contributed by atoms with Gasteiger partial charge in [-0.2, -0.15) is 11.8 Å². The summed E-state index contributed by atoms with van der Waals surface area (Å²) < 4.78 is 0. The van der Waals surface area contributed by atoms with Gasteiger partial charge in [-0.05, 0) is 37.7 Å². The molecule has 1 aromatic rings. The third kappa shape index (κ3) is 10.1. The SMILES string of the molecule is CSCCC(N)C(=O)NC(Cc1cnc[nH]1)C(=O)NC(C(=O)NC(CC(C)C)C(=O)O)C(C)O.